The molecule has 0 fully saturated rings. The summed E-state index contributed by atoms with van der Waals surface area (Å²) in [5.74, 6) is -0.369. The van der Waals surface area contributed by atoms with Crippen molar-refractivity contribution in [1.29, 1.82) is 0 Å². The lowest BCUT2D eigenvalue weighted by molar-refractivity contribution is 0.0714. The van der Waals surface area contributed by atoms with Crippen molar-refractivity contribution in [3.63, 3.8) is 0 Å². The smallest absolute Gasteiger partial charge is 0.268 e. The predicted octanol–water partition coefficient (Wildman–Crippen LogP) is 0.124. The van der Waals surface area contributed by atoms with Crippen molar-refractivity contribution in [2.24, 2.45) is 0 Å². The maximum absolute atomic E-state index is 12.1. The molecule has 0 saturated heterocycles. The number of amides is 1. The summed E-state index contributed by atoms with van der Waals surface area (Å²) in [5, 5.41) is 20.9. The maximum Gasteiger partial charge on any atom is 0.268 e. The van der Waals surface area contributed by atoms with Crippen LogP contribution in [0.5, 0.6) is 0 Å². The molecule has 0 spiro atoms. The van der Waals surface area contributed by atoms with Crippen LogP contribution in [0.3, 0.4) is 0 Å². The number of carbonyl (C=O) groups excluding carboxylic acids is 1. The van der Waals surface area contributed by atoms with E-state index in [1.54, 1.807) is 23.8 Å². The first-order valence-corrected chi connectivity index (χ1v) is 5.84. The SMILES string of the molecule is CC(C)n1cc(N)cc1C(=O)NC(C)(CO)CO. The average molecular weight is 255 g/mol. The van der Waals surface area contributed by atoms with Gasteiger partial charge in [-0.25, -0.2) is 0 Å². The van der Waals surface area contributed by atoms with Gasteiger partial charge in [0, 0.05) is 12.2 Å². The molecule has 6 heteroatoms. The van der Waals surface area contributed by atoms with Crippen molar-refractivity contribution in [3.8, 4) is 0 Å². The van der Waals surface area contributed by atoms with Crippen molar-refractivity contribution in [1.82, 2.24) is 9.88 Å². The monoisotopic (exact) mass is 255 g/mol. The number of hydrogen-bond acceptors (Lipinski definition) is 4. The van der Waals surface area contributed by atoms with Crippen LogP contribution in [0, 0.1) is 0 Å². The summed E-state index contributed by atoms with van der Waals surface area (Å²) in [6, 6.07) is 1.67. The first-order valence-electron chi connectivity index (χ1n) is 5.84. The topological polar surface area (TPSA) is 101 Å². The highest BCUT2D eigenvalue weighted by atomic mass is 16.3. The summed E-state index contributed by atoms with van der Waals surface area (Å²) in [7, 11) is 0. The molecule has 0 bridgehead atoms. The molecule has 0 aliphatic carbocycles. The molecule has 1 aromatic rings. The normalized spacial score (nSPS) is 11.9. The van der Waals surface area contributed by atoms with Gasteiger partial charge in [-0.05, 0) is 26.8 Å². The van der Waals surface area contributed by atoms with Crippen molar-refractivity contribution in [2.75, 3.05) is 18.9 Å². The van der Waals surface area contributed by atoms with Crippen LogP contribution in [-0.4, -0.2) is 39.4 Å². The lowest BCUT2D eigenvalue weighted by atomic mass is 10.1. The summed E-state index contributed by atoms with van der Waals surface area (Å²) in [5.41, 5.74) is 5.56. The van der Waals surface area contributed by atoms with E-state index in [1.165, 1.54) is 0 Å². The van der Waals surface area contributed by atoms with E-state index in [2.05, 4.69) is 5.32 Å². The second kappa shape index (κ2) is 5.41. The highest BCUT2D eigenvalue weighted by Crippen LogP contribution is 2.17. The Kier molecular flexibility index (Phi) is 4.37. The second-order valence-corrected chi connectivity index (χ2v) is 4.99. The highest BCUT2D eigenvalue weighted by molar-refractivity contribution is 5.94. The zero-order chi connectivity index (χ0) is 13.9. The molecule has 0 saturated carbocycles. The van der Waals surface area contributed by atoms with Crippen LogP contribution in [0.4, 0.5) is 5.69 Å². The Labute approximate surface area is 106 Å². The molecule has 1 rings (SSSR count). The summed E-state index contributed by atoms with van der Waals surface area (Å²) in [6.45, 7) is 4.76. The molecule has 0 aliphatic heterocycles. The number of hydrogen-bond donors (Lipinski definition) is 4. The number of nitrogens with zero attached hydrogens (tertiary/aromatic N) is 1. The van der Waals surface area contributed by atoms with Crippen LogP contribution in [0.1, 0.15) is 37.3 Å². The van der Waals surface area contributed by atoms with E-state index in [9.17, 15) is 4.79 Å². The van der Waals surface area contributed by atoms with Crippen LogP contribution in [0.25, 0.3) is 0 Å². The standard InChI is InChI=1S/C12H21N3O3/c1-8(2)15-5-9(13)4-10(15)11(18)14-12(3,6-16)7-17/h4-5,8,16-17H,6-7,13H2,1-3H3,(H,14,18). The fourth-order valence-electron chi connectivity index (χ4n) is 1.58. The zero-order valence-corrected chi connectivity index (χ0v) is 11.0. The lowest BCUT2D eigenvalue weighted by Gasteiger charge is -2.26. The van der Waals surface area contributed by atoms with Crippen LogP contribution in [-0.2, 0) is 0 Å². The van der Waals surface area contributed by atoms with E-state index in [4.69, 9.17) is 15.9 Å². The van der Waals surface area contributed by atoms with Gasteiger partial charge in [-0.15, -0.1) is 0 Å². The third-order valence-electron chi connectivity index (χ3n) is 2.77. The van der Waals surface area contributed by atoms with Crippen LogP contribution >= 0.6 is 0 Å². The Bertz CT molecular complexity index is 422. The number of nitrogens with one attached hydrogen (secondary N) is 1. The fraction of sp³-hybridized carbons (Fsp3) is 0.583. The van der Waals surface area contributed by atoms with E-state index < -0.39 is 5.54 Å². The number of carbonyl (C=O) groups is 1. The third-order valence-corrected chi connectivity index (χ3v) is 2.77. The number of aromatic nitrogens is 1. The summed E-state index contributed by atoms with van der Waals surface area (Å²) < 4.78 is 1.75. The fourth-order valence-corrected chi connectivity index (χ4v) is 1.58. The quantitative estimate of drug-likeness (QED) is 0.600. The average Bonchev–Trinajstić information content (AvgIpc) is 2.71. The molecule has 18 heavy (non-hydrogen) atoms. The number of aliphatic hydroxyl groups is 2. The van der Waals surface area contributed by atoms with Crippen molar-refractivity contribution < 1.29 is 15.0 Å². The first-order chi connectivity index (χ1) is 8.33. The predicted molar refractivity (Wildman–Crippen MR) is 69.3 cm³/mol. The molecule has 5 N–H and O–H groups in total. The van der Waals surface area contributed by atoms with Gasteiger partial charge in [0.2, 0.25) is 0 Å². The van der Waals surface area contributed by atoms with Gasteiger partial charge in [-0.3, -0.25) is 4.79 Å². The molecular weight excluding hydrogens is 234 g/mol. The minimum absolute atomic E-state index is 0.0950. The molecule has 0 atom stereocenters. The molecule has 0 radical (unpaired) electrons. The largest absolute Gasteiger partial charge is 0.397 e. The van der Waals surface area contributed by atoms with E-state index in [-0.39, 0.29) is 25.2 Å². The Hall–Kier alpha value is -1.53. The highest BCUT2D eigenvalue weighted by Gasteiger charge is 2.26. The molecule has 102 valence electrons. The van der Waals surface area contributed by atoms with E-state index in [0.29, 0.717) is 11.4 Å². The Morgan fingerprint density at radius 3 is 2.50 bits per heavy atom. The van der Waals surface area contributed by atoms with Crippen LogP contribution in [0.15, 0.2) is 12.3 Å². The molecule has 6 nitrogen and oxygen atoms in total. The Balaban J connectivity index is 2.97. The number of aliphatic hydroxyl groups excluding tert-OH is 2. The van der Waals surface area contributed by atoms with Crippen LogP contribution < -0.4 is 11.1 Å². The van der Waals surface area contributed by atoms with Gasteiger partial charge in [-0.2, -0.15) is 0 Å². The maximum atomic E-state index is 12.1. The second-order valence-electron chi connectivity index (χ2n) is 4.99. The zero-order valence-electron chi connectivity index (χ0n) is 11.0. The van der Waals surface area contributed by atoms with Gasteiger partial charge in [0.05, 0.1) is 24.4 Å². The number of rotatable bonds is 5. The van der Waals surface area contributed by atoms with Gasteiger partial charge in [0.15, 0.2) is 0 Å². The van der Waals surface area contributed by atoms with Crippen molar-refractivity contribution in [2.45, 2.75) is 32.4 Å². The van der Waals surface area contributed by atoms with Gasteiger partial charge in [0.25, 0.3) is 5.91 Å². The Morgan fingerprint density at radius 2 is 2.06 bits per heavy atom. The van der Waals surface area contributed by atoms with Crippen LogP contribution in [0.2, 0.25) is 0 Å². The first kappa shape index (κ1) is 14.5. The molecule has 1 amide bonds. The van der Waals surface area contributed by atoms with Gasteiger partial charge in [0.1, 0.15) is 5.69 Å². The van der Waals surface area contributed by atoms with Crippen molar-refractivity contribution >= 4 is 11.6 Å². The molecular formula is C12H21N3O3. The van der Waals surface area contributed by atoms with Gasteiger partial charge >= 0.3 is 0 Å². The molecule has 1 heterocycles. The number of nitrogens with two attached hydrogens (primary N) is 1. The number of nitrogen functional groups attached to an aromatic ring is 1. The summed E-state index contributed by atoms with van der Waals surface area (Å²) in [6.07, 6.45) is 1.69. The van der Waals surface area contributed by atoms with Gasteiger partial charge < -0.3 is 25.8 Å². The van der Waals surface area contributed by atoms with Gasteiger partial charge in [-0.1, -0.05) is 0 Å². The lowest BCUT2D eigenvalue weighted by Crippen LogP contribution is -2.52. The Morgan fingerprint density at radius 1 is 1.50 bits per heavy atom. The minimum Gasteiger partial charge on any atom is -0.397 e. The number of anilines is 1. The van der Waals surface area contributed by atoms with E-state index >= 15 is 0 Å². The molecule has 1 aromatic heterocycles. The summed E-state index contributed by atoms with van der Waals surface area (Å²) in [4.78, 5) is 12.1. The summed E-state index contributed by atoms with van der Waals surface area (Å²) >= 11 is 0. The minimum atomic E-state index is -1.04. The van der Waals surface area contributed by atoms with Crippen molar-refractivity contribution in [3.05, 3.63) is 18.0 Å². The van der Waals surface area contributed by atoms with E-state index in [0.717, 1.165) is 0 Å². The molecule has 0 aliphatic rings. The molecule has 0 aromatic carbocycles. The molecule has 0 unspecified atom stereocenters. The van der Waals surface area contributed by atoms with E-state index in [1.807, 2.05) is 13.8 Å². The third kappa shape index (κ3) is 3.02.